The van der Waals surface area contributed by atoms with Crippen LogP contribution in [0.5, 0.6) is 0 Å². The first-order valence-electron chi connectivity index (χ1n) is 8.47. The number of nitrogens with one attached hydrogen (secondary N) is 1. The summed E-state index contributed by atoms with van der Waals surface area (Å²) in [6.45, 7) is 5.51. The van der Waals surface area contributed by atoms with Gasteiger partial charge in [-0.1, -0.05) is 30.3 Å². The number of ether oxygens (including phenoxy) is 2. The summed E-state index contributed by atoms with van der Waals surface area (Å²) < 4.78 is 10.7. The third-order valence-electron chi connectivity index (χ3n) is 4.12. The summed E-state index contributed by atoms with van der Waals surface area (Å²) in [4.78, 5) is 15.3. The Morgan fingerprint density at radius 1 is 1.27 bits per heavy atom. The maximum Gasteiger partial charge on any atom is 0.340 e. The Bertz CT molecular complexity index is 781. The lowest BCUT2D eigenvalue weighted by atomic mass is 10.1. The number of carbonyl (C=O) groups excluding carboxylic acids is 1. The Labute approximate surface area is 162 Å². The van der Waals surface area contributed by atoms with Crippen LogP contribution in [0.1, 0.15) is 24.2 Å². The summed E-state index contributed by atoms with van der Waals surface area (Å²) in [5, 5.41) is 4.54. The molecular weight excluding hydrogens is 368 g/mol. The van der Waals surface area contributed by atoms with Crippen LogP contribution in [0.3, 0.4) is 0 Å². The van der Waals surface area contributed by atoms with E-state index in [0.717, 1.165) is 23.5 Å². The topological polar surface area (TPSA) is 50.8 Å². The molecule has 0 radical (unpaired) electrons. The molecule has 138 valence electrons. The quantitative estimate of drug-likeness (QED) is 0.631. The minimum absolute atomic E-state index is 0.113. The Hall–Kier alpha value is -1.96. The van der Waals surface area contributed by atoms with Gasteiger partial charge in [0.1, 0.15) is 5.00 Å². The fourth-order valence-corrected chi connectivity index (χ4v) is 4.38. The second kappa shape index (κ2) is 8.16. The number of esters is 1. The zero-order valence-electron chi connectivity index (χ0n) is 15.0. The maximum atomic E-state index is 12.2. The van der Waals surface area contributed by atoms with Gasteiger partial charge in [0.25, 0.3) is 0 Å². The van der Waals surface area contributed by atoms with E-state index in [4.69, 9.17) is 21.7 Å². The molecule has 1 aliphatic heterocycles. The first-order chi connectivity index (χ1) is 12.5. The van der Waals surface area contributed by atoms with E-state index in [1.165, 1.54) is 18.4 Å². The molecule has 3 rings (SSSR count). The van der Waals surface area contributed by atoms with Crippen molar-refractivity contribution >= 4 is 39.6 Å². The van der Waals surface area contributed by atoms with Gasteiger partial charge in [0.05, 0.1) is 24.9 Å². The molecule has 2 atom stereocenters. The minimum atomic E-state index is -0.377. The number of hydrogen-bond acceptors (Lipinski definition) is 5. The monoisotopic (exact) mass is 390 g/mol. The minimum Gasteiger partial charge on any atom is -0.465 e. The van der Waals surface area contributed by atoms with Gasteiger partial charge in [0.2, 0.25) is 0 Å². The zero-order valence-corrected chi connectivity index (χ0v) is 16.7. The SMILES string of the molecule is COC(=O)c1cc(-c2ccccc2)sc1NC(=S)N1C[C@@H](C)O[C@@H](C)C1. The molecular formula is C19H22N2O3S2. The van der Waals surface area contributed by atoms with E-state index in [0.29, 0.717) is 15.7 Å². The van der Waals surface area contributed by atoms with Gasteiger partial charge in [-0.3, -0.25) is 0 Å². The van der Waals surface area contributed by atoms with Crippen LogP contribution in [-0.4, -0.2) is 48.4 Å². The molecule has 1 aromatic heterocycles. The molecule has 0 unspecified atom stereocenters. The normalized spacial score (nSPS) is 19.9. The average molecular weight is 391 g/mol. The lowest BCUT2D eigenvalue weighted by Crippen LogP contribution is -2.49. The molecule has 7 heteroatoms. The molecule has 0 amide bonds. The van der Waals surface area contributed by atoms with E-state index in [1.807, 2.05) is 50.2 Å². The highest BCUT2D eigenvalue weighted by atomic mass is 32.1. The molecule has 5 nitrogen and oxygen atoms in total. The van der Waals surface area contributed by atoms with Crippen molar-refractivity contribution in [2.75, 3.05) is 25.5 Å². The number of anilines is 1. The highest BCUT2D eigenvalue weighted by Gasteiger charge is 2.25. The number of morpholine rings is 1. The molecule has 0 bridgehead atoms. The van der Waals surface area contributed by atoms with Gasteiger partial charge in [0, 0.05) is 18.0 Å². The van der Waals surface area contributed by atoms with Crippen LogP contribution < -0.4 is 5.32 Å². The van der Waals surface area contributed by atoms with Gasteiger partial charge in [-0.2, -0.15) is 0 Å². The van der Waals surface area contributed by atoms with Gasteiger partial charge >= 0.3 is 5.97 Å². The third-order valence-corrected chi connectivity index (χ3v) is 5.58. The molecule has 0 spiro atoms. The Balaban J connectivity index is 1.85. The van der Waals surface area contributed by atoms with Crippen LogP contribution in [0.15, 0.2) is 36.4 Å². The average Bonchev–Trinajstić information content (AvgIpc) is 3.04. The highest BCUT2D eigenvalue weighted by molar-refractivity contribution is 7.80. The molecule has 26 heavy (non-hydrogen) atoms. The lowest BCUT2D eigenvalue weighted by Gasteiger charge is -2.36. The molecule has 1 aromatic carbocycles. The van der Waals surface area contributed by atoms with Crippen LogP contribution >= 0.6 is 23.6 Å². The van der Waals surface area contributed by atoms with Crippen molar-refractivity contribution < 1.29 is 14.3 Å². The van der Waals surface area contributed by atoms with Gasteiger partial charge in [-0.25, -0.2) is 4.79 Å². The fraction of sp³-hybridized carbons (Fsp3) is 0.368. The van der Waals surface area contributed by atoms with E-state index in [1.54, 1.807) is 0 Å². The molecule has 1 saturated heterocycles. The number of thiocarbonyl (C=S) groups is 1. The van der Waals surface area contributed by atoms with E-state index in [-0.39, 0.29) is 18.2 Å². The molecule has 1 aliphatic rings. The first-order valence-corrected chi connectivity index (χ1v) is 9.69. The lowest BCUT2D eigenvalue weighted by molar-refractivity contribution is -0.0473. The van der Waals surface area contributed by atoms with E-state index < -0.39 is 0 Å². The Kier molecular flexibility index (Phi) is 5.90. The molecule has 0 aliphatic carbocycles. The predicted octanol–water partition coefficient (Wildman–Crippen LogP) is 4.01. The van der Waals surface area contributed by atoms with Crippen LogP contribution in [0, 0.1) is 0 Å². The van der Waals surface area contributed by atoms with Crippen LogP contribution in [0.4, 0.5) is 5.00 Å². The number of methoxy groups -OCH3 is 1. The molecule has 0 saturated carbocycles. The maximum absolute atomic E-state index is 12.2. The van der Waals surface area contributed by atoms with Crippen molar-refractivity contribution in [1.29, 1.82) is 0 Å². The second-order valence-electron chi connectivity index (χ2n) is 6.30. The van der Waals surface area contributed by atoms with Gasteiger partial charge in [0.15, 0.2) is 5.11 Å². The fourth-order valence-electron chi connectivity index (χ4n) is 3.01. The summed E-state index contributed by atoms with van der Waals surface area (Å²) in [5.41, 5.74) is 1.54. The summed E-state index contributed by atoms with van der Waals surface area (Å²) >= 11 is 7.08. The van der Waals surface area contributed by atoms with E-state index in [9.17, 15) is 4.79 Å². The molecule has 2 heterocycles. The molecule has 1 N–H and O–H groups in total. The number of benzene rings is 1. The van der Waals surface area contributed by atoms with Crippen molar-refractivity contribution in [1.82, 2.24) is 4.90 Å². The number of carbonyl (C=O) groups is 1. The van der Waals surface area contributed by atoms with E-state index >= 15 is 0 Å². The summed E-state index contributed by atoms with van der Waals surface area (Å²) in [6.07, 6.45) is 0.226. The van der Waals surface area contributed by atoms with Gasteiger partial charge in [-0.05, 0) is 37.7 Å². The predicted molar refractivity (Wildman–Crippen MR) is 109 cm³/mol. The van der Waals surface area contributed by atoms with Crippen LogP contribution in [-0.2, 0) is 9.47 Å². The van der Waals surface area contributed by atoms with Crippen molar-refractivity contribution in [3.8, 4) is 10.4 Å². The highest BCUT2D eigenvalue weighted by Crippen LogP contribution is 2.36. The molecule has 2 aromatic rings. The third kappa shape index (κ3) is 4.23. The summed E-state index contributed by atoms with van der Waals surface area (Å²) in [5.74, 6) is -0.377. The summed E-state index contributed by atoms with van der Waals surface area (Å²) in [7, 11) is 1.38. The molecule has 1 fully saturated rings. The van der Waals surface area contributed by atoms with Crippen molar-refractivity contribution in [3.63, 3.8) is 0 Å². The number of hydrogen-bond donors (Lipinski definition) is 1. The van der Waals surface area contributed by atoms with E-state index in [2.05, 4.69) is 10.2 Å². The number of nitrogens with zero attached hydrogens (tertiary/aromatic N) is 1. The second-order valence-corrected chi connectivity index (χ2v) is 7.74. The largest absolute Gasteiger partial charge is 0.465 e. The van der Waals surface area contributed by atoms with Gasteiger partial charge in [-0.15, -0.1) is 11.3 Å². The van der Waals surface area contributed by atoms with Crippen molar-refractivity contribution in [3.05, 3.63) is 42.0 Å². The van der Waals surface area contributed by atoms with Crippen molar-refractivity contribution in [2.24, 2.45) is 0 Å². The number of thiophene rings is 1. The van der Waals surface area contributed by atoms with Crippen LogP contribution in [0.25, 0.3) is 10.4 Å². The van der Waals surface area contributed by atoms with Crippen LogP contribution in [0.2, 0.25) is 0 Å². The standard InChI is InChI=1S/C19H22N2O3S2/c1-12-10-21(11-13(2)24-12)19(25)20-17-15(18(22)23-3)9-16(26-17)14-7-5-4-6-8-14/h4-9,12-13H,10-11H2,1-3H3,(H,20,25)/t12-,13+. The first kappa shape index (κ1) is 18.8. The zero-order chi connectivity index (χ0) is 18.7. The summed E-state index contributed by atoms with van der Waals surface area (Å²) in [6, 6.07) is 11.8. The smallest absolute Gasteiger partial charge is 0.340 e. The van der Waals surface area contributed by atoms with Crippen molar-refractivity contribution in [2.45, 2.75) is 26.1 Å². The Morgan fingerprint density at radius 3 is 2.54 bits per heavy atom. The van der Waals surface area contributed by atoms with Gasteiger partial charge < -0.3 is 19.7 Å². The Morgan fingerprint density at radius 2 is 1.92 bits per heavy atom. The number of rotatable bonds is 3.